The molecule has 1 aliphatic heterocycles. The molecule has 1 aromatic heterocycles. The normalized spacial score (nSPS) is 20.0. The lowest BCUT2D eigenvalue weighted by Gasteiger charge is -2.21. The van der Waals surface area contributed by atoms with Gasteiger partial charge in [0, 0.05) is 44.6 Å². The third-order valence-electron chi connectivity index (χ3n) is 6.03. The molecular formula is C22H31N5O3. The summed E-state index contributed by atoms with van der Waals surface area (Å²) in [6.45, 7) is 2.92. The maximum absolute atomic E-state index is 12.8. The molecule has 2 aromatic rings. The zero-order valence-corrected chi connectivity index (χ0v) is 17.9. The van der Waals surface area contributed by atoms with Gasteiger partial charge in [-0.3, -0.25) is 0 Å². The summed E-state index contributed by atoms with van der Waals surface area (Å²) >= 11 is 0. The minimum atomic E-state index is -0.430. The molecule has 30 heavy (non-hydrogen) atoms. The maximum Gasteiger partial charge on any atom is 0.315 e. The van der Waals surface area contributed by atoms with Crippen LogP contribution in [0.5, 0.6) is 11.5 Å². The number of benzene rings is 1. The van der Waals surface area contributed by atoms with Crippen LogP contribution >= 0.6 is 0 Å². The first-order valence-electron chi connectivity index (χ1n) is 10.6. The van der Waals surface area contributed by atoms with E-state index in [4.69, 9.17) is 9.47 Å². The van der Waals surface area contributed by atoms with Crippen molar-refractivity contribution in [3.63, 3.8) is 0 Å². The molecule has 2 atom stereocenters. The largest absolute Gasteiger partial charge is 0.497 e. The van der Waals surface area contributed by atoms with E-state index >= 15 is 0 Å². The van der Waals surface area contributed by atoms with E-state index in [1.807, 2.05) is 36.0 Å². The van der Waals surface area contributed by atoms with Crippen molar-refractivity contribution in [3.8, 4) is 11.5 Å². The van der Waals surface area contributed by atoms with Gasteiger partial charge in [0.15, 0.2) is 0 Å². The number of urea groups is 1. The number of ether oxygens (including phenoxy) is 2. The number of aryl methyl sites for hydroxylation is 1. The Morgan fingerprint density at radius 1 is 1.20 bits per heavy atom. The summed E-state index contributed by atoms with van der Waals surface area (Å²) in [5.74, 6) is 2.58. The average Bonchev–Trinajstić information content (AvgIpc) is 3.35. The van der Waals surface area contributed by atoms with Crippen molar-refractivity contribution < 1.29 is 14.3 Å². The molecule has 0 radical (unpaired) electrons. The summed E-state index contributed by atoms with van der Waals surface area (Å²) in [5.41, 5.74) is 0.844. The van der Waals surface area contributed by atoms with Crippen LogP contribution in [0.15, 0.2) is 30.6 Å². The molecule has 2 heterocycles. The van der Waals surface area contributed by atoms with Gasteiger partial charge < -0.3 is 29.6 Å². The molecule has 162 valence electrons. The van der Waals surface area contributed by atoms with Crippen molar-refractivity contribution in [3.05, 3.63) is 42.0 Å². The number of nitrogens with one attached hydrogen (secondary N) is 2. The first kappa shape index (κ1) is 20.5. The SMILES string of the molecule is COc1cc(OC)cc(C(NC(=O)NCC2CCN(C3CC3)C2)c2nccn2C)c1. The molecule has 1 saturated carbocycles. The molecule has 2 N–H and O–H groups in total. The fourth-order valence-electron chi connectivity index (χ4n) is 4.17. The zero-order chi connectivity index (χ0) is 21.1. The molecule has 8 nitrogen and oxygen atoms in total. The Morgan fingerprint density at radius 3 is 2.53 bits per heavy atom. The van der Waals surface area contributed by atoms with Crippen molar-refractivity contribution >= 4 is 6.03 Å². The van der Waals surface area contributed by atoms with Crippen molar-refractivity contribution in [1.82, 2.24) is 25.1 Å². The molecule has 0 spiro atoms. The molecule has 2 unspecified atom stereocenters. The van der Waals surface area contributed by atoms with Crippen LogP contribution in [0.1, 0.15) is 36.7 Å². The summed E-state index contributed by atoms with van der Waals surface area (Å²) in [7, 11) is 5.14. The Bertz CT molecular complexity index is 857. The second-order valence-corrected chi connectivity index (χ2v) is 8.21. The fourth-order valence-corrected chi connectivity index (χ4v) is 4.17. The van der Waals surface area contributed by atoms with E-state index < -0.39 is 6.04 Å². The first-order chi connectivity index (χ1) is 14.6. The van der Waals surface area contributed by atoms with Gasteiger partial charge in [0.25, 0.3) is 0 Å². The molecule has 1 saturated heterocycles. The number of methoxy groups -OCH3 is 2. The fraction of sp³-hybridized carbons (Fsp3) is 0.545. The van der Waals surface area contributed by atoms with E-state index in [1.54, 1.807) is 20.4 Å². The summed E-state index contributed by atoms with van der Waals surface area (Å²) in [6.07, 6.45) is 7.40. The van der Waals surface area contributed by atoms with Crippen LogP contribution in [0.4, 0.5) is 4.79 Å². The van der Waals surface area contributed by atoms with Gasteiger partial charge in [0.05, 0.1) is 14.2 Å². The van der Waals surface area contributed by atoms with Crippen LogP contribution < -0.4 is 20.1 Å². The van der Waals surface area contributed by atoms with Gasteiger partial charge in [-0.05, 0) is 49.4 Å². The highest BCUT2D eigenvalue weighted by Gasteiger charge is 2.34. The standard InChI is InChI=1S/C22H31N5O3/c1-26-9-7-23-21(26)20(16-10-18(29-2)12-19(11-16)30-3)25-22(28)24-13-15-6-8-27(14-15)17-4-5-17/h7,9-12,15,17,20H,4-6,8,13-14H2,1-3H3,(H2,24,25,28). The lowest BCUT2D eigenvalue weighted by atomic mass is 10.0. The van der Waals surface area contributed by atoms with Crippen molar-refractivity contribution in [2.75, 3.05) is 33.9 Å². The predicted octanol–water partition coefficient (Wildman–Crippen LogP) is 2.31. The molecule has 0 bridgehead atoms. The molecule has 2 fully saturated rings. The lowest BCUT2D eigenvalue weighted by Crippen LogP contribution is -2.41. The van der Waals surface area contributed by atoms with Crippen LogP contribution in [0.2, 0.25) is 0 Å². The summed E-state index contributed by atoms with van der Waals surface area (Å²) < 4.78 is 12.7. The predicted molar refractivity (Wildman–Crippen MR) is 114 cm³/mol. The third kappa shape index (κ3) is 4.70. The number of nitrogens with zero attached hydrogens (tertiary/aromatic N) is 3. The highest BCUT2D eigenvalue weighted by molar-refractivity contribution is 5.75. The summed E-state index contributed by atoms with van der Waals surface area (Å²) in [5, 5.41) is 6.16. The molecule has 2 aliphatic rings. The van der Waals surface area contributed by atoms with E-state index in [1.165, 1.54) is 12.8 Å². The van der Waals surface area contributed by atoms with Gasteiger partial charge in [0.2, 0.25) is 0 Å². The number of rotatable bonds is 8. The minimum Gasteiger partial charge on any atom is -0.497 e. The van der Waals surface area contributed by atoms with E-state index in [2.05, 4.69) is 20.5 Å². The van der Waals surface area contributed by atoms with E-state index in [0.717, 1.165) is 36.9 Å². The van der Waals surface area contributed by atoms with Crippen LogP contribution in [-0.2, 0) is 7.05 Å². The lowest BCUT2D eigenvalue weighted by molar-refractivity contribution is 0.235. The molecule has 2 amide bonds. The van der Waals surface area contributed by atoms with Crippen molar-refractivity contribution in [2.24, 2.45) is 13.0 Å². The quantitative estimate of drug-likeness (QED) is 0.694. The Hall–Kier alpha value is -2.74. The zero-order valence-electron chi connectivity index (χ0n) is 17.9. The highest BCUT2D eigenvalue weighted by atomic mass is 16.5. The Morgan fingerprint density at radius 2 is 1.93 bits per heavy atom. The van der Waals surface area contributed by atoms with Gasteiger partial charge in [-0.15, -0.1) is 0 Å². The molecular weight excluding hydrogens is 382 g/mol. The Balaban J connectivity index is 1.45. The Kier molecular flexibility index (Phi) is 6.13. The van der Waals surface area contributed by atoms with Crippen molar-refractivity contribution in [2.45, 2.75) is 31.3 Å². The van der Waals surface area contributed by atoms with E-state index in [9.17, 15) is 4.79 Å². The number of carbonyl (C=O) groups excluding carboxylic acids is 1. The number of hydrogen-bond donors (Lipinski definition) is 2. The van der Waals surface area contributed by atoms with Gasteiger partial charge in [-0.1, -0.05) is 0 Å². The van der Waals surface area contributed by atoms with Gasteiger partial charge >= 0.3 is 6.03 Å². The minimum absolute atomic E-state index is 0.199. The third-order valence-corrected chi connectivity index (χ3v) is 6.03. The van der Waals surface area contributed by atoms with Crippen LogP contribution in [0, 0.1) is 5.92 Å². The number of imidazole rings is 1. The monoisotopic (exact) mass is 413 g/mol. The highest BCUT2D eigenvalue weighted by Crippen LogP contribution is 2.32. The summed E-state index contributed by atoms with van der Waals surface area (Å²) in [4.78, 5) is 19.8. The number of hydrogen-bond acceptors (Lipinski definition) is 5. The van der Waals surface area contributed by atoms with Gasteiger partial charge in [0.1, 0.15) is 23.4 Å². The number of amides is 2. The number of carbonyl (C=O) groups is 1. The number of aromatic nitrogens is 2. The molecule has 8 heteroatoms. The van der Waals surface area contributed by atoms with Gasteiger partial charge in [-0.25, -0.2) is 9.78 Å². The summed E-state index contributed by atoms with van der Waals surface area (Å²) in [6, 6.07) is 5.76. The van der Waals surface area contributed by atoms with Crippen molar-refractivity contribution in [1.29, 1.82) is 0 Å². The second kappa shape index (κ2) is 8.95. The Labute approximate surface area is 177 Å². The first-order valence-corrected chi connectivity index (χ1v) is 10.6. The molecule has 1 aliphatic carbocycles. The van der Waals surface area contributed by atoms with Gasteiger partial charge in [-0.2, -0.15) is 0 Å². The van der Waals surface area contributed by atoms with Crippen LogP contribution in [0.3, 0.4) is 0 Å². The van der Waals surface area contributed by atoms with Crippen LogP contribution in [-0.4, -0.2) is 60.4 Å². The average molecular weight is 414 g/mol. The number of likely N-dealkylation sites (tertiary alicyclic amines) is 1. The van der Waals surface area contributed by atoms with E-state index in [-0.39, 0.29) is 6.03 Å². The maximum atomic E-state index is 12.8. The van der Waals surface area contributed by atoms with Crippen LogP contribution in [0.25, 0.3) is 0 Å². The molecule has 1 aromatic carbocycles. The molecule has 4 rings (SSSR count). The smallest absolute Gasteiger partial charge is 0.315 e. The topological polar surface area (TPSA) is 80.7 Å². The van der Waals surface area contributed by atoms with E-state index in [0.29, 0.717) is 24.0 Å². The second-order valence-electron chi connectivity index (χ2n) is 8.21.